The molecule has 0 spiro atoms. The van der Waals surface area contributed by atoms with E-state index < -0.39 is 17.6 Å². The molecule has 0 bridgehead atoms. The van der Waals surface area contributed by atoms with E-state index in [1.54, 1.807) is 24.4 Å². The van der Waals surface area contributed by atoms with Crippen LogP contribution in [-0.2, 0) is 0 Å². The van der Waals surface area contributed by atoms with Gasteiger partial charge in [-0.15, -0.1) is 0 Å². The maximum atomic E-state index is 13.6. The molecule has 3 nitrogen and oxygen atoms in total. The Hall–Kier alpha value is -2.63. The van der Waals surface area contributed by atoms with Crippen LogP contribution in [0, 0.1) is 17.6 Å². The Labute approximate surface area is 112 Å². The monoisotopic (exact) mass is 275 g/mol. The predicted octanol–water partition coefficient (Wildman–Crippen LogP) is 3.79. The molecule has 0 amide bonds. The van der Waals surface area contributed by atoms with Crippen molar-refractivity contribution in [2.75, 3.05) is 5.32 Å². The second-order valence-corrected chi connectivity index (χ2v) is 4.10. The third-order valence-corrected chi connectivity index (χ3v) is 2.77. The summed E-state index contributed by atoms with van der Waals surface area (Å²) >= 11 is 0. The first-order valence-corrected chi connectivity index (χ1v) is 5.77. The molecule has 3 rings (SSSR count). The van der Waals surface area contributed by atoms with E-state index >= 15 is 0 Å². The van der Waals surface area contributed by atoms with E-state index in [0.29, 0.717) is 17.3 Å². The highest BCUT2D eigenvalue weighted by Crippen LogP contribution is 2.25. The zero-order valence-electron chi connectivity index (χ0n) is 10.1. The Bertz CT molecular complexity index is 784. The Kier molecular flexibility index (Phi) is 2.98. The second-order valence-electron chi connectivity index (χ2n) is 4.10. The van der Waals surface area contributed by atoms with Gasteiger partial charge in [0.15, 0.2) is 17.5 Å². The average molecular weight is 275 g/mol. The van der Waals surface area contributed by atoms with E-state index in [4.69, 9.17) is 0 Å². The third-order valence-electron chi connectivity index (χ3n) is 2.77. The number of nitrogens with one attached hydrogen (secondary N) is 1. The van der Waals surface area contributed by atoms with Gasteiger partial charge in [0.25, 0.3) is 5.95 Å². The van der Waals surface area contributed by atoms with Crippen molar-refractivity contribution in [1.29, 1.82) is 0 Å². The smallest absolute Gasteiger partial charge is 0.251 e. The lowest BCUT2D eigenvalue weighted by atomic mass is 10.2. The van der Waals surface area contributed by atoms with Crippen LogP contribution in [-0.4, -0.2) is 9.97 Å². The maximum Gasteiger partial charge on any atom is 0.251 e. The number of halogens is 3. The van der Waals surface area contributed by atoms with Gasteiger partial charge in [0.1, 0.15) is 0 Å². The molecule has 2 aromatic heterocycles. The van der Waals surface area contributed by atoms with Crippen LogP contribution < -0.4 is 5.32 Å². The minimum absolute atomic E-state index is 0.387. The molecular formula is C14H8F3N3. The van der Waals surface area contributed by atoms with Gasteiger partial charge in [-0.2, -0.15) is 9.37 Å². The zero-order valence-corrected chi connectivity index (χ0v) is 10.1. The van der Waals surface area contributed by atoms with Gasteiger partial charge in [0, 0.05) is 17.6 Å². The minimum atomic E-state index is -1.36. The van der Waals surface area contributed by atoms with Gasteiger partial charge in [-0.3, -0.25) is 4.98 Å². The summed E-state index contributed by atoms with van der Waals surface area (Å²) in [5.41, 5.74) is 1.04. The molecule has 20 heavy (non-hydrogen) atoms. The number of anilines is 2. The van der Waals surface area contributed by atoms with Gasteiger partial charge in [-0.05, 0) is 12.1 Å². The Morgan fingerprint density at radius 2 is 1.75 bits per heavy atom. The SMILES string of the molecule is Fc1cc(F)c(Nc2cccc3cccnc23)nc1F. The van der Waals surface area contributed by atoms with Crippen LogP contribution in [0.2, 0.25) is 0 Å². The highest BCUT2D eigenvalue weighted by molar-refractivity contribution is 5.91. The summed E-state index contributed by atoms with van der Waals surface area (Å²) in [6, 6.07) is 9.28. The van der Waals surface area contributed by atoms with E-state index in [-0.39, 0.29) is 5.82 Å². The number of benzene rings is 1. The predicted molar refractivity (Wildman–Crippen MR) is 69.1 cm³/mol. The first kappa shape index (κ1) is 12.4. The molecule has 0 radical (unpaired) electrons. The summed E-state index contributed by atoms with van der Waals surface area (Å²) in [7, 11) is 0. The van der Waals surface area contributed by atoms with E-state index in [2.05, 4.69) is 15.3 Å². The Balaban J connectivity index is 2.08. The molecule has 3 aromatic rings. The third kappa shape index (κ3) is 2.16. The first-order valence-electron chi connectivity index (χ1n) is 5.77. The molecule has 0 aliphatic heterocycles. The number of hydrogen-bond donors (Lipinski definition) is 1. The van der Waals surface area contributed by atoms with E-state index in [0.717, 1.165) is 5.39 Å². The van der Waals surface area contributed by atoms with Crippen LogP contribution in [0.25, 0.3) is 10.9 Å². The van der Waals surface area contributed by atoms with Crippen LogP contribution >= 0.6 is 0 Å². The standard InChI is InChI=1S/C14H8F3N3/c15-9-7-10(16)14(20-13(9)17)19-11-5-1-3-8-4-2-6-18-12(8)11/h1-7H,(H,19,20). The van der Waals surface area contributed by atoms with Crippen molar-refractivity contribution in [3.8, 4) is 0 Å². The summed E-state index contributed by atoms with van der Waals surface area (Å²) in [5, 5.41) is 3.46. The molecule has 0 unspecified atom stereocenters. The molecule has 0 atom stereocenters. The van der Waals surface area contributed by atoms with Gasteiger partial charge in [0.05, 0.1) is 11.2 Å². The van der Waals surface area contributed by atoms with Gasteiger partial charge in [0.2, 0.25) is 0 Å². The molecule has 2 heterocycles. The van der Waals surface area contributed by atoms with Crippen LogP contribution in [0.5, 0.6) is 0 Å². The molecule has 0 fully saturated rings. The quantitative estimate of drug-likeness (QED) is 0.723. The van der Waals surface area contributed by atoms with Crippen molar-refractivity contribution in [3.63, 3.8) is 0 Å². The molecule has 0 aliphatic carbocycles. The topological polar surface area (TPSA) is 37.8 Å². The van der Waals surface area contributed by atoms with Gasteiger partial charge in [-0.25, -0.2) is 8.78 Å². The normalized spacial score (nSPS) is 10.8. The molecule has 1 N–H and O–H groups in total. The number of aromatic nitrogens is 2. The fraction of sp³-hybridized carbons (Fsp3) is 0. The van der Waals surface area contributed by atoms with E-state index in [9.17, 15) is 13.2 Å². The summed E-state index contributed by atoms with van der Waals surface area (Å²) < 4.78 is 39.5. The Morgan fingerprint density at radius 3 is 2.60 bits per heavy atom. The van der Waals surface area contributed by atoms with Crippen molar-refractivity contribution < 1.29 is 13.2 Å². The lowest BCUT2D eigenvalue weighted by Gasteiger charge is -2.09. The first-order chi connectivity index (χ1) is 9.65. The fourth-order valence-electron chi connectivity index (χ4n) is 1.86. The highest BCUT2D eigenvalue weighted by atomic mass is 19.2. The fourth-order valence-corrected chi connectivity index (χ4v) is 1.86. The Morgan fingerprint density at radius 1 is 0.950 bits per heavy atom. The van der Waals surface area contributed by atoms with Crippen molar-refractivity contribution in [3.05, 3.63) is 60.2 Å². The van der Waals surface area contributed by atoms with Crippen LogP contribution in [0.1, 0.15) is 0 Å². The van der Waals surface area contributed by atoms with Crippen LogP contribution in [0.3, 0.4) is 0 Å². The molecule has 6 heteroatoms. The largest absolute Gasteiger partial charge is 0.336 e. The summed E-state index contributed by atoms with van der Waals surface area (Å²) in [5.74, 6) is -4.05. The highest BCUT2D eigenvalue weighted by Gasteiger charge is 2.12. The number of fused-ring (bicyclic) bond motifs is 1. The van der Waals surface area contributed by atoms with Gasteiger partial charge in [-0.1, -0.05) is 18.2 Å². The number of rotatable bonds is 2. The van der Waals surface area contributed by atoms with E-state index in [1.807, 2.05) is 12.1 Å². The van der Waals surface area contributed by atoms with Crippen molar-refractivity contribution in [1.82, 2.24) is 9.97 Å². The summed E-state index contributed by atoms with van der Waals surface area (Å²) in [6.45, 7) is 0. The van der Waals surface area contributed by atoms with Crippen LogP contribution in [0.15, 0.2) is 42.6 Å². The van der Waals surface area contributed by atoms with E-state index in [1.165, 1.54) is 0 Å². The van der Waals surface area contributed by atoms with Crippen LogP contribution in [0.4, 0.5) is 24.7 Å². The van der Waals surface area contributed by atoms with Crippen molar-refractivity contribution in [2.24, 2.45) is 0 Å². The zero-order chi connectivity index (χ0) is 14.1. The number of para-hydroxylation sites is 1. The molecule has 0 saturated heterocycles. The minimum Gasteiger partial charge on any atom is -0.336 e. The van der Waals surface area contributed by atoms with Gasteiger partial charge < -0.3 is 5.32 Å². The lowest BCUT2D eigenvalue weighted by molar-refractivity contribution is 0.467. The van der Waals surface area contributed by atoms with Crippen molar-refractivity contribution in [2.45, 2.75) is 0 Å². The van der Waals surface area contributed by atoms with Crippen molar-refractivity contribution >= 4 is 22.4 Å². The second kappa shape index (κ2) is 4.80. The summed E-state index contributed by atoms with van der Waals surface area (Å²) in [6.07, 6.45) is 1.59. The number of pyridine rings is 2. The lowest BCUT2D eigenvalue weighted by Crippen LogP contribution is -2.02. The molecular weight excluding hydrogens is 267 g/mol. The molecule has 0 aliphatic rings. The average Bonchev–Trinajstić information content (AvgIpc) is 2.45. The number of nitrogens with zero attached hydrogens (tertiary/aromatic N) is 2. The molecule has 0 saturated carbocycles. The molecule has 100 valence electrons. The maximum absolute atomic E-state index is 13.6. The van der Waals surface area contributed by atoms with Gasteiger partial charge >= 0.3 is 0 Å². The molecule has 1 aromatic carbocycles. The number of hydrogen-bond acceptors (Lipinski definition) is 3. The summed E-state index contributed by atoms with van der Waals surface area (Å²) in [4.78, 5) is 7.39.